The van der Waals surface area contributed by atoms with Crippen LogP contribution in [0.5, 0.6) is 0 Å². The van der Waals surface area contributed by atoms with Crippen molar-refractivity contribution < 1.29 is 9.21 Å². The van der Waals surface area contributed by atoms with Crippen molar-refractivity contribution in [3.63, 3.8) is 0 Å². The standard InChI is InChI=1S/C10H18N4O2/c1-7(2)12-9(15)4-5-11-6-10-14-13-8(3)16-10/h7,11H,4-6H2,1-3H3,(H,12,15). The molecule has 0 spiro atoms. The van der Waals surface area contributed by atoms with Gasteiger partial charge >= 0.3 is 0 Å². The Morgan fingerprint density at radius 1 is 1.44 bits per heavy atom. The molecule has 0 aliphatic heterocycles. The van der Waals surface area contributed by atoms with E-state index in [1.54, 1.807) is 6.92 Å². The summed E-state index contributed by atoms with van der Waals surface area (Å²) in [7, 11) is 0. The summed E-state index contributed by atoms with van der Waals surface area (Å²) in [5, 5.41) is 13.4. The molecular weight excluding hydrogens is 208 g/mol. The highest BCUT2D eigenvalue weighted by Gasteiger charge is 2.04. The third kappa shape index (κ3) is 4.88. The maximum absolute atomic E-state index is 11.3. The van der Waals surface area contributed by atoms with E-state index in [2.05, 4.69) is 20.8 Å². The molecule has 0 bridgehead atoms. The van der Waals surface area contributed by atoms with Crippen molar-refractivity contribution in [2.24, 2.45) is 0 Å². The first-order valence-electron chi connectivity index (χ1n) is 5.37. The molecule has 0 radical (unpaired) electrons. The second-order valence-electron chi connectivity index (χ2n) is 3.86. The summed E-state index contributed by atoms with van der Waals surface area (Å²) in [6.45, 7) is 6.71. The Kier molecular flexibility index (Phi) is 4.91. The zero-order chi connectivity index (χ0) is 12.0. The van der Waals surface area contributed by atoms with Gasteiger partial charge in [0, 0.05) is 25.9 Å². The average molecular weight is 226 g/mol. The van der Waals surface area contributed by atoms with Crippen LogP contribution >= 0.6 is 0 Å². The normalized spacial score (nSPS) is 10.8. The lowest BCUT2D eigenvalue weighted by molar-refractivity contribution is -0.121. The van der Waals surface area contributed by atoms with Gasteiger partial charge in [0.2, 0.25) is 17.7 Å². The molecule has 0 aliphatic rings. The van der Waals surface area contributed by atoms with Gasteiger partial charge < -0.3 is 15.1 Å². The van der Waals surface area contributed by atoms with Crippen LogP contribution in [0.4, 0.5) is 0 Å². The molecule has 1 rings (SSSR count). The molecule has 1 amide bonds. The fourth-order valence-electron chi connectivity index (χ4n) is 1.20. The van der Waals surface area contributed by atoms with Crippen LogP contribution < -0.4 is 10.6 Å². The van der Waals surface area contributed by atoms with E-state index >= 15 is 0 Å². The number of aryl methyl sites for hydroxylation is 1. The van der Waals surface area contributed by atoms with Gasteiger partial charge in [-0.1, -0.05) is 0 Å². The summed E-state index contributed by atoms with van der Waals surface area (Å²) in [6, 6.07) is 0.186. The molecule has 1 aromatic rings. The average Bonchev–Trinajstić information content (AvgIpc) is 2.58. The first-order chi connectivity index (χ1) is 7.58. The van der Waals surface area contributed by atoms with Crippen molar-refractivity contribution in [1.29, 1.82) is 0 Å². The van der Waals surface area contributed by atoms with Crippen molar-refractivity contribution in [2.45, 2.75) is 39.8 Å². The van der Waals surface area contributed by atoms with E-state index in [1.165, 1.54) is 0 Å². The highest BCUT2D eigenvalue weighted by Crippen LogP contribution is 1.96. The predicted molar refractivity (Wildman–Crippen MR) is 58.6 cm³/mol. The second kappa shape index (κ2) is 6.22. The molecular formula is C10H18N4O2. The monoisotopic (exact) mass is 226 g/mol. The summed E-state index contributed by atoms with van der Waals surface area (Å²) in [6.07, 6.45) is 0.450. The van der Waals surface area contributed by atoms with Crippen LogP contribution in [0.15, 0.2) is 4.42 Å². The molecule has 6 nitrogen and oxygen atoms in total. The number of rotatable bonds is 6. The third-order valence-corrected chi connectivity index (χ3v) is 1.82. The lowest BCUT2D eigenvalue weighted by Crippen LogP contribution is -2.32. The van der Waals surface area contributed by atoms with Crippen molar-refractivity contribution in [1.82, 2.24) is 20.8 Å². The van der Waals surface area contributed by atoms with Gasteiger partial charge in [-0.25, -0.2) is 0 Å². The zero-order valence-electron chi connectivity index (χ0n) is 9.91. The van der Waals surface area contributed by atoms with Crippen molar-refractivity contribution in [2.75, 3.05) is 6.54 Å². The molecule has 0 saturated heterocycles. The molecule has 6 heteroatoms. The summed E-state index contributed by atoms with van der Waals surface area (Å²) >= 11 is 0. The van der Waals surface area contributed by atoms with Crippen molar-refractivity contribution >= 4 is 5.91 Å². The molecule has 1 aromatic heterocycles. The Morgan fingerprint density at radius 3 is 2.75 bits per heavy atom. The molecule has 1 heterocycles. The number of aromatic nitrogens is 2. The van der Waals surface area contributed by atoms with Gasteiger partial charge in [0.25, 0.3) is 0 Å². The molecule has 16 heavy (non-hydrogen) atoms. The van der Waals surface area contributed by atoms with Crippen LogP contribution in [-0.2, 0) is 11.3 Å². The smallest absolute Gasteiger partial charge is 0.230 e. The number of nitrogens with one attached hydrogen (secondary N) is 2. The molecule has 0 atom stereocenters. The fraction of sp³-hybridized carbons (Fsp3) is 0.700. The second-order valence-corrected chi connectivity index (χ2v) is 3.86. The molecule has 2 N–H and O–H groups in total. The van der Waals surface area contributed by atoms with Crippen molar-refractivity contribution in [3.8, 4) is 0 Å². The van der Waals surface area contributed by atoms with Crippen LogP contribution in [0.25, 0.3) is 0 Å². The summed E-state index contributed by atoms with van der Waals surface area (Å²) in [5.74, 6) is 1.14. The first kappa shape index (κ1) is 12.6. The van der Waals surface area contributed by atoms with E-state index < -0.39 is 0 Å². The van der Waals surface area contributed by atoms with Crippen LogP contribution in [0, 0.1) is 6.92 Å². The van der Waals surface area contributed by atoms with E-state index in [-0.39, 0.29) is 11.9 Å². The molecule has 0 fully saturated rings. The molecule has 0 aromatic carbocycles. The molecule has 0 unspecified atom stereocenters. The lowest BCUT2D eigenvalue weighted by atomic mass is 10.3. The van der Waals surface area contributed by atoms with E-state index in [0.717, 1.165) is 0 Å². The number of carbonyl (C=O) groups is 1. The number of amides is 1. The van der Waals surface area contributed by atoms with Crippen LogP contribution in [0.1, 0.15) is 32.0 Å². The predicted octanol–water partition coefficient (Wildman–Crippen LogP) is 0.382. The maximum Gasteiger partial charge on any atom is 0.230 e. The minimum Gasteiger partial charge on any atom is -0.424 e. The third-order valence-electron chi connectivity index (χ3n) is 1.82. The Balaban J connectivity index is 2.10. The molecule has 90 valence electrons. The van der Waals surface area contributed by atoms with Crippen LogP contribution in [0.2, 0.25) is 0 Å². The minimum atomic E-state index is 0.0456. The minimum absolute atomic E-state index is 0.0456. The van der Waals surface area contributed by atoms with Crippen LogP contribution in [-0.4, -0.2) is 28.7 Å². The Morgan fingerprint density at radius 2 is 2.19 bits per heavy atom. The van der Waals surface area contributed by atoms with Crippen molar-refractivity contribution in [3.05, 3.63) is 11.8 Å². The largest absolute Gasteiger partial charge is 0.424 e. The maximum atomic E-state index is 11.3. The van der Waals surface area contributed by atoms with E-state index in [1.807, 2.05) is 13.8 Å². The molecule has 0 saturated carbocycles. The topological polar surface area (TPSA) is 80.0 Å². The Labute approximate surface area is 94.8 Å². The van der Waals surface area contributed by atoms with Crippen LogP contribution in [0.3, 0.4) is 0 Å². The van der Waals surface area contributed by atoms with Gasteiger partial charge in [-0.3, -0.25) is 4.79 Å². The summed E-state index contributed by atoms with van der Waals surface area (Å²) in [5.41, 5.74) is 0. The van der Waals surface area contributed by atoms with Gasteiger partial charge in [0.15, 0.2) is 0 Å². The summed E-state index contributed by atoms with van der Waals surface area (Å²) < 4.78 is 5.17. The van der Waals surface area contributed by atoms with Gasteiger partial charge in [-0.2, -0.15) is 0 Å². The fourth-order valence-corrected chi connectivity index (χ4v) is 1.20. The first-order valence-corrected chi connectivity index (χ1v) is 5.37. The van der Waals surface area contributed by atoms with E-state index in [9.17, 15) is 4.79 Å². The van der Waals surface area contributed by atoms with E-state index in [0.29, 0.717) is 31.3 Å². The number of carbonyl (C=O) groups excluding carboxylic acids is 1. The van der Waals surface area contributed by atoms with Gasteiger partial charge in [-0.15, -0.1) is 10.2 Å². The number of hydrogen-bond donors (Lipinski definition) is 2. The highest BCUT2D eigenvalue weighted by atomic mass is 16.4. The van der Waals surface area contributed by atoms with E-state index in [4.69, 9.17) is 4.42 Å². The Hall–Kier alpha value is -1.43. The number of nitrogens with zero attached hydrogens (tertiary/aromatic N) is 2. The SMILES string of the molecule is Cc1nnc(CNCCC(=O)NC(C)C)o1. The highest BCUT2D eigenvalue weighted by molar-refractivity contribution is 5.76. The quantitative estimate of drug-likeness (QED) is 0.685. The Bertz CT molecular complexity index is 335. The lowest BCUT2D eigenvalue weighted by Gasteiger charge is -2.07. The zero-order valence-corrected chi connectivity index (χ0v) is 9.91. The van der Waals surface area contributed by atoms with Gasteiger partial charge in [0.05, 0.1) is 6.54 Å². The van der Waals surface area contributed by atoms with Gasteiger partial charge in [0.1, 0.15) is 0 Å². The summed E-state index contributed by atoms with van der Waals surface area (Å²) in [4.78, 5) is 11.3. The molecule has 0 aliphatic carbocycles. The number of hydrogen-bond acceptors (Lipinski definition) is 5. The van der Waals surface area contributed by atoms with Gasteiger partial charge in [-0.05, 0) is 13.8 Å².